The van der Waals surface area contributed by atoms with E-state index in [1.165, 1.54) is 11.2 Å². The van der Waals surface area contributed by atoms with Crippen molar-refractivity contribution in [2.45, 2.75) is 31.7 Å². The Morgan fingerprint density at radius 3 is 2.53 bits per heavy atom. The number of carboxylic acids is 1. The van der Waals surface area contributed by atoms with Crippen LogP contribution < -0.4 is 0 Å². The molecule has 1 aromatic heterocycles. The van der Waals surface area contributed by atoms with E-state index in [1.807, 2.05) is 0 Å². The van der Waals surface area contributed by atoms with Crippen molar-refractivity contribution in [3.63, 3.8) is 0 Å². The minimum Gasteiger partial charge on any atom is -0.478 e. The molecule has 19 heavy (non-hydrogen) atoms. The highest BCUT2D eigenvalue weighted by Gasteiger charge is 2.34. The number of carboxylic acid groups (broad SMARTS) is 1. The Morgan fingerprint density at radius 1 is 1.42 bits per heavy atom. The predicted octanol–water partition coefficient (Wildman–Crippen LogP) is 0.837. The zero-order valence-electron chi connectivity index (χ0n) is 10.9. The first kappa shape index (κ1) is 14.0. The van der Waals surface area contributed by atoms with Gasteiger partial charge in [0.1, 0.15) is 5.56 Å². The van der Waals surface area contributed by atoms with Crippen LogP contribution in [0.1, 0.15) is 35.8 Å². The minimum atomic E-state index is -3.83. The fourth-order valence-corrected chi connectivity index (χ4v) is 3.79. The van der Waals surface area contributed by atoms with Gasteiger partial charge in [0.2, 0.25) is 5.03 Å². The lowest BCUT2D eigenvalue weighted by Crippen LogP contribution is -2.38. The van der Waals surface area contributed by atoms with E-state index < -0.39 is 16.0 Å². The van der Waals surface area contributed by atoms with E-state index in [0.29, 0.717) is 19.0 Å². The Labute approximate surface area is 111 Å². The summed E-state index contributed by atoms with van der Waals surface area (Å²) >= 11 is 0. The van der Waals surface area contributed by atoms with Crippen LogP contribution in [0.3, 0.4) is 0 Å². The summed E-state index contributed by atoms with van der Waals surface area (Å²) in [7, 11) is -3.83. The molecule has 1 aromatic rings. The largest absolute Gasteiger partial charge is 0.478 e. The van der Waals surface area contributed by atoms with Crippen LogP contribution in [0.15, 0.2) is 5.03 Å². The van der Waals surface area contributed by atoms with E-state index in [1.54, 1.807) is 0 Å². The summed E-state index contributed by atoms with van der Waals surface area (Å²) in [5.74, 6) is -0.790. The highest BCUT2D eigenvalue weighted by Crippen LogP contribution is 2.25. The Balaban J connectivity index is 2.38. The molecule has 0 aromatic carbocycles. The van der Waals surface area contributed by atoms with E-state index in [4.69, 9.17) is 5.11 Å². The molecule has 1 saturated heterocycles. The molecule has 2 heterocycles. The molecule has 1 fully saturated rings. The first-order valence-electron chi connectivity index (χ1n) is 6.12. The molecule has 2 rings (SSSR count). The summed E-state index contributed by atoms with van der Waals surface area (Å²) in [4.78, 5) is 11.1. The molecule has 0 aliphatic carbocycles. The standard InChI is InChI=1S/C11H17N3O4S/c1-7-3-5-14(6-4-7)19(17,18)10-9(11(15)16)8(2)12-13-10/h7H,3-6H2,1-2H3,(H,12,13)(H,15,16). The second-order valence-electron chi connectivity index (χ2n) is 4.92. The maximum atomic E-state index is 12.4. The third kappa shape index (κ3) is 2.50. The Hall–Kier alpha value is -1.41. The van der Waals surface area contributed by atoms with Gasteiger partial charge < -0.3 is 5.11 Å². The number of rotatable bonds is 3. The van der Waals surface area contributed by atoms with Crippen LogP contribution in [0.5, 0.6) is 0 Å². The van der Waals surface area contributed by atoms with Crippen molar-refractivity contribution >= 4 is 16.0 Å². The van der Waals surface area contributed by atoms with Crippen molar-refractivity contribution < 1.29 is 18.3 Å². The van der Waals surface area contributed by atoms with Gasteiger partial charge in [-0.15, -0.1) is 0 Å². The number of H-pyrrole nitrogens is 1. The van der Waals surface area contributed by atoms with Gasteiger partial charge in [-0.3, -0.25) is 5.10 Å². The van der Waals surface area contributed by atoms with Crippen molar-refractivity contribution in [1.29, 1.82) is 0 Å². The average molecular weight is 287 g/mol. The van der Waals surface area contributed by atoms with Crippen molar-refractivity contribution in [3.05, 3.63) is 11.3 Å². The molecule has 106 valence electrons. The second kappa shape index (κ2) is 4.93. The van der Waals surface area contributed by atoms with Gasteiger partial charge >= 0.3 is 5.97 Å². The number of aromatic nitrogens is 2. The van der Waals surface area contributed by atoms with E-state index in [-0.39, 0.29) is 16.3 Å². The molecule has 7 nitrogen and oxygen atoms in total. The molecule has 0 atom stereocenters. The van der Waals surface area contributed by atoms with Crippen LogP contribution in [0.4, 0.5) is 0 Å². The number of nitrogens with one attached hydrogen (secondary N) is 1. The van der Waals surface area contributed by atoms with Gasteiger partial charge in [-0.25, -0.2) is 13.2 Å². The second-order valence-corrected chi connectivity index (χ2v) is 6.77. The number of hydrogen-bond donors (Lipinski definition) is 2. The molecule has 0 saturated carbocycles. The number of aromatic carboxylic acids is 1. The van der Waals surface area contributed by atoms with Crippen molar-refractivity contribution in [2.24, 2.45) is 5.92 Å². The molecule has 8 heteroatoms. The number of sulfonamides is 1. The highest BCUT2D eigenvalue weighted by atomic mass is 32.2. The molecular weight excluding hydrogens is 270 g/mol. The number of aromatic amines is 1. The summed E-state index contributed by atoms with van der Waals surface area (Å²) < 4.78 is 26.1. The molecule has 1 aliphatic heterocycles. The fraction of sp³-hybridized carbons (Fsp3) is 0.636. The van der Waals surface area contributed by atoms with E-state index in [0.717, 1.165) is 12.8 Å². The normalized spacial score (nSPS) is 18.6. The van der Waals surface area contributed by atoms with Crippen molar-refractivity contribution in [2.75, 3.05) is 13.1 Å². The maximum absolute atomic E-state index is 12.4. The van der Waals surface area contributed by atoms with Crippen molar-refractivity contribution in [3.8, 4) is 0 Å². The lowest BCUT2D eigenvalue weighted by atomic mass is 10.0. The van der Waals surface area contributed by atoms with Gasteiger partial charge in [-0.05, 0) is 25.7 Å². The van der Waals surface area contributed by atoms with Crippen molar-refractivity contribution in [1.82, 2.24) is 14.5 Å². The Morgan fingerprint density at radius 2 is 2.00 bits per heavy atom. The Kier molecular flexibility index (Phi) is 3.64. The summed E-state index contributed by atoms with van der Waals surface area (Å²) in [6.07, 6.45) is 1.57. The molecule has 0 radical (unpaired) electrons. The lowest BCUT2D eigenvalue weighted by molar-refractivity contribution is 0.0691. The van der Waals surface area contributed by atoms with Crippen LogP contribution in [-0.4, -0.2) is 47.1 Å². The van der Waals surface area contributed by atoms with Crippen LogP contribution >= 0.6 is 0 Å². The van der Waals surface area contributed by atoms with Gasteiger partial charge in [0, 0.05) is 18.8 Å². The van der Waals surface area contributed by atoms with E-state index in [2.05, 4.69) is 17.1 Å². The molecular formula is C11H17N3O4S. The third-order valence-corrected chi connectivity index (χ3v) is 5.28. The van der Waals surface area contributed by atoms with Crippen LogP contribution in [0.25, 0.3) is 0 Å². The lowest BCUT2D eigenvalue weighted by Gasteiger charge is -2.28. The zero-order chi connectivity index (χ0) is 14.2. The number of nitrogens with zero attached hydrogens (tertiary/aromatic N) is 2. The van der Waals surface area contributed by atoms with Gasteiger partial charge in [-0.1, -0.05) is 6.92 Å². The number of aryl methyl sites for hydroxylation is 1. The van der Waals surface area contributed by atoms with E-state index >= 15 is 0 Å². The maximum Gasteiger partial charge on any atom is 0.340 e. The Bertz CT molecular complexity index is 585. The first-order chi connectivity index (χ1) is 8.84. The summed E-state index contributed by atoms with van der Waals surface area (Å²) in [5, 5.41) is 14.8. The molecule has 0 bridgehead atoms. The minimum absolute atomic E-state index is 0.247. The first-order valence-corrected chi connectivity index (χ1v) is 7.56. The van der Waals surface area contributed by atoms with Gasteiger partial charge in [0.15, 0.2) is 0 Å². The van der Waals surface area contributed by atoms with Gasteiger partial charge in [0.25, 0.3) is 10.0 Å². The van der Waals surface area contributed by atoms with Gasteiger partial charge in [0.05, 0.1) is 0 Å². The quantitative estimate of drug-likeness (QED) is 0.857. The molecule has 1 aliphatic rings. The monoisotopic (exact) mass is 287 g/mol. The van der Waals surface area contributed by atoms with Crippen LogP contribution in [0.2, 0.25) is 0 Å². The summed E-state index contributed by atoms with van der Waals surface area (Å²) in [6, 6.07) is 0. The van der Waals surface area contributed by atoms with Gasteiger partial charge in [-0.2, -0.15) is 9.40 Å². The zero-order valence-corrected chi connectivity index (χ0v) is 11.7. The number of piperidine rings is 1. The SMILES string of the molecule is Cc1[nH]nc(S(=O)(=O)N2CCC(C)CC2)c1C(=O)O. The summed E-state index contributed by atoms with van der Waals surface area (Å²) in [6.45, 7) is 4.39. The molecule has 0 amide bonds. The highest BCUT2D eigenvalue weighted by molar-refractivity contribution is 7.89. The smallest absolute Gasteiger partial charge is 0.340 e. The molecule has 0 unspecified atom stereocenters. The average Bonchev–Trinajstić information content (AvgIpc) is 2.72. The van der Waals surface area contributed by atoms with Crippen LogP contribution in [-0.2, 0) is 10.0 Å². The molecule has 2 N–H and O–H groups in total. The molecule has 0 spiro atoms. The number of hydrogen-bond acceptors (Lipinski definition) is 4. The topological polar surface area (TPSA) is 103 Å². The third-order valence-electron chi connectivity index (χ3n) is 3.45. The van der Waals surface area contributed by atoms with E-state index in [9.17, 15) is 13.2 Å². The van der Waals surface area contributed by atoms with Crippen LogP contribution in [0, 0.1) is 12.8 Å². The number of carbonyl (C=O) groups is 1. The predicted molar refractivity (Wildman–Crippen MR) is 67.4 cm³/mol. The fourth-order valence-electron chi connectivity index (χ4n) is 2.19. The summed E-state index contributed by atoms with van der Waals surface area (Å²) in [5.41, 5.74) is -0.0184.